The molecule has 0 saturated heterocycles. The smallest absolute Gasteiger partial charge is 0.123 e. The van der Waals surface area contributed by atoms with E-state index in [4.69, 9.17) is 4.74 Å². The summed E-state index contributed by atoms with van der Waals surface area (Å²) in [4.78, 5) is 0. The summed E-state index contributed by atoms with van der Waals surface area (Å²) in [5.41, 5.74) is 3.64. The van der Waals surface area contributed by atoms with Crippen LogP contribution < -0.4 is 0 Å². The topological polar surface area (TPSA) is 29.5 Å². The van der Waals surface area contributed by atoms with E-state index < -0.39 is 6.10 Å². The number of halogens is 1. The summed E-state index contributed by atoms with van der Waals surface area (Å²) in [6.07, 6.45) is -0.155. The first kappa shape index (κ1) is 14.7. The summed E-state index contributed by atoms with van der Waals surface area (Å²) < 4.78 is 18.2. The Balaban J connectivity index is 2.21. The third-order valence-electron chi connectivity index (χ3n) is 3.43. The molecule has 0 radical (unpaired) electrons. The van der Waals surface area contributed by atoms with Gasteiger partial charge in [-0.2, -0.15) is 0 Å². The van der Waals surface area contributed by atoms with Crippen molar-refractivity contribution in [3.8, 4) is 0 Å². The highest BCUT2D eigenvalue weighted by atomic mass is 19.1. The second-order valence-corrected chi connectivity index (χ2v) is 4.92. The van der Waals surface area contributed by atoms with Crippen molar-refractivity contribution in [1.29, 1.82) is 0 Å². The number of aryl methyl sites for hydroxylation is 1. The molecule has 0 aromatic heterocycles. The molecule has 2 aromatic rings. The van der Waals surface area contributed by atoms with Gasteiger partial charge in [0.25, 0.3) is 0 Å². The summed E-state index contributed by atoms with van der Waals surface area (Å²) in [6.45, 7) is 2.32. The molecule has 0 bridgehead atoms. The Morgan fingerprint density at radius 2 is 1.90 bits per heavy atom. The highest BCUT2D eigenvalue weighted by Gasteiger charge is 2.14. The first-order chi connectivity index (χ1) is 9.61. The molecular formula is C17H19FO2. The average Bonchev–Trinajstić information content (AvgIpc) is 2.43. The molecule has 2 aromatic carbocycles. The van der Waals surface area contributed by atoms with Crippen LogP contribution in [-0.2, 0) is 17.8 Å². The monoisotopic (exact) mass is 274 g/mol. The van der Waals surface area contributed by atoms with E-state index in [1.807, 2.05) is 31.2 Å². The van der Waals surface area contributed by atoms with Crippen molar-refractivity contribution in [2.75, 3.05) is 7.11 Å². The van der Waals surface area contributed by atoms with Crippen LogP contribution in [-0.4, -0.2) is 12.2 Å². The zero-order valence-corrected chi connectivity index (χ0v) is 11.8. The number of ether oxygens (including phenoxy) is 1. The van der Waals surface area contributed by atoms with E-state index in [-0.39, 0.29) is 5.82 Å². The van der Waals surface area contributed by atoms with E-state index in [2.05, 4.69) is 0 Å². The van der Waals surface area contributed by atoms with Gasteiger partial charge in [-0.25, -0.2) is 4.39 Å². The van der Waals surface area contributed by atoms with Crippen LogP contribution in [0.15, 0.2) is 42.5 Å². The van der Waals surface area contributed by atoms with Crippen molar-refractivity contribution in [2.24, 2.45) is 0 Å². The van der Waals surface area contributed by atoms with Gasteiger partial charge in [0.1, 0.15) is 5.82 Å². The predicted molar refractivity (Wildman–Crippen MR) is 77.0 cm³/mol. The van der Waals surface area contributed by atoms with Crippen LogP contribution in [0, 0.1) is 12.7 Å². The number of aliphatic hydroxyl groups excluding tert-OH is 1. The minimum atomic E-state index is -0.620. The van der Waals surface area contributed by atoms with Crippen molar-refractivity contribution in [2.45, 2.75) is 26.1 Å². The van der Waals surface area contributed by atoms with E-state index >= 15 is 0 Å². The van der Waals surface area contributed by atoms with Gasteiger partial charge in [-0.1, -0.05) is 30.3 Å². The minimum Gasteiger partial charge on any atom is -0.388 e. The maximum absolute atomic E-state index is 13.1. The van der Waals surface area contributed by atoms with Crippen LogP contribution >= 0.6 is 0 Å². The van der Waals surface area contributed by atoms with E-state index in [9.17, 15) is 9.50 Å². The minimum absolute atomic E-state index is 0.250. The highest BCUT2D eigenvalue weighted by Crippen LogP contribution is 2.24. The SMILES string of the molecule is COCc1ccccc1C(O)Cc1ccc(F)cc1C. The lowest BCUT2D eigenvalue weighted by atomic mass is 9.95. The summed E-state index contributed by atoms with van der Waals surface area (Å²) >= 11 is 0. The molecule has 3 heteroatoms. The van der Waals surface area contributed by atoms with Crippen molar-refractivity contribution >= 4 is 0 Å². The fourth-order valence-electron chi connectivity index (χ4n) is 2.35. The maximum atomic E-state index is 13.1. The number of hydrogen-bond acceptors (Lipinski definition) is 2. The van der Waals surface area contributed by atoms with Crippen molar-refractivity contribution in [3.63, 3.8) is 0 Å². The molecule has 0 amide bonds. The fraction of sp³-hybridized carbons (Fsp3) is 0.294. The first-order valence-electron chi connectivity index (χ1n) is 6.61. The van der Waals surface area contributed by atoms with Crippen LogP contribution in [0.1, 0.15) is 28.4 Å². The van der Waals surface area contributed by atoms with Gasteiger partial charge in [0.2, 0.25) is 0 Å². The van der Waals surface area contributed by atoms with E-state index in [0.29, 0.717) is 13.0 Å². The average molecular weight is 274 g/mol. The van der Waals surface area contributed by atoms with Gasteiger partial charge in [0.15, 0.2) is 0 Å². The van der Waals surface area contributed by atoms with Gasteiger partial charge in [-0.15, -0.1) is 0 Å². The third-order valence-corrected chi connectivity index (χ3v) is 3.43. The summed E-state index contributed by atoms with van der Waals surface area (Å²) in [5, 5.41) is 10.4. The van der Waals surface area contributed by atoms with E-state index in [1.165, 1.54) is 12.1 Å². The Morgan fingerprint density at radius 1 is 1.15 bits per heavy atom. The van der Waals surface area contributed by atoms with Crippen LogP contribution in [0.2, 0.25) is 0 Å². The van der Waals surface area contributed by atoms with Crippen LogP contribution in [0.3, 0.4) is 0 Å². The first-order valence-corrected chi connectivity index (χ1v) is 6.61. The number of hydrogen-bond donors (Lipinski definition) is 1. The van der Waals surface area contributed by atoms with Crippen LogP contribution in [0.5, 0.6) is 0 Å². The second-order valence-electron chi connectivity index (χ2n) is 4.92. The zero-order chi connectivity index (χ0) is 14.5. The molecule has 0 saturated carbocycles. The van der Waals surface area contributed by atoms with Crippen molar-refractivity contribution in [3.05, 3.63) is 70.5 Å². The number of methoxy groups -OCH3 is 1. The van der Waals surface area contributed by atoms with Gasteiger partial charge in [0.05, 0.1) is 12.7 Å². The number of rotatable bonds is 5. The van der Waals surface area contributed by atoms with Gasteiger partial charge in [0, 0.05) is 13.5 Å². The van der Waals surface area contributed by atoms with Crippen LogP contribution in [0.4, 0.5) is 4.39 Å². The third kappa shape index (κ3) is 3.44. The van der Waals surface area contributed by atoms with Gasteiger partial charge >= 0.3 is 0 Å². The summed E-state index contributed by atoms with van der Waals surface area (Å²) in [6, 6.07) is 12.3. The molecule has 0 aliphatic heterocycles. The number of aliphatic hydroxyl groups is 1. The predicted octanol–water partition coefficient (Wildman–Crippen LogP) is 3.56. The quantitative estimate of drug-likeness (QED) is 0.903. The lowest BCUT2D eigenvalue weighted by Gasteiger charge is -2.16. The highest BCUT2D eigenvalue weighted by molar-refractivity contribution is 5.32. The lowest BCUT2D eigenvalue weighted by molar-refractivity contribution is 0.161. The summed E-state index contributed by atoms with van der Waals surface area (Å²) in [5.74, 6) is -0.250. The molecule has 1 unspecified atom stereocenters. The second kappa shape index (κ2) is 6.64. The molecule has 20 heavy (non-hydrogen) atoms. The number of benzene rings is 2. The van der Waals surface area contributed by atoms with Crippen molar-refractivity contribution < 1.29 is 14.2 Å². The molecule has 106 valence electrons. The van der Waals surface area contributed by atoms with Gasteiger partial charge in [-0.05, 0) is 41.3 Å². The van der Waals surface area contributed by atoms with E-state index in [0.717, 1.165) is 22.3 Å². The molecule has 0 heterocycles. The molecule has 0 aliphatic carbocycles. The summed E-state index contributed by atoms with van der Waals surface area (Å²) in [7, 11) is 1.63. The Labute approximate surface area is 118 Å². The van der Waals surface area contributed by atoms with Gasteiger partial charge in [-0.3, -0.25) is 0 Å². The standard InChI is InChI=1S/C17H19FO2/c1-12-9-15(18)8-7-13(12)10-17(19)16-6-4-3-5-14(16)11-20-2/h3-9,17,19H,10-11H2,1-2H3. The Morgan fingerprint density at radius 3 is 2.60 bits per heavy atom. The molecule has 1 atom stereocenters. The molecule has 1 N–H and O–H groups in total. The van der Waals surface area contributed by atoms with Crippen molar-refractivity contribution in [1.82, 2.24) is 0 Å². The Kier molecular flexibility index (Phi) is 4.88. The Bertz CT molecular complexity index is 581. The molecule has 2 rings (SSSR count). The zero-order valence-electron chi connectivity index (χ0n) is 11.8. The normalized spacial score (nSPS) is 12.4. The molecule has 0 aliphatic rings. The lowest BCUT2D eigenvalue weighted by Crippen LogP contribution is -2.07. The molecule has 0 fully saturated rings. The Hall–Kier alpha value is -1.71. The largest absolute Gasteiger partial charge is 0.388 e. The van der Waals surface area contributed by atoms with Gasteiger partial charge < -0.3 is 9.84 Å². The fourth-order valence-corrected chi connectivity index (χ4v) is 2.35. The van der Waals surface area contributed by atoms with E-state index in [1.54, 1.807) is 13.2 Å². The van der Waals surface area contributed by atoms with Crippen LogP contribution in [0.25, 0.3) is 0 Å². The molecule has 0 spiro atoms. The molecular weight excluding hydrogens is 255 g/mol. The maximum Gasteiger partial charge on any atom is 0.123 e. The molecule has 2 nitrogen and oxygen atoms in total.